The first kappa shape index (κ1) is 42.9. The average molecular weight is 823 g/mol. The predicted molar refractivity (Wildman–Crippen MR) is 219 cm³/mol. The number of benzene rings is 6. The van der Waals surface area contributed by atoms with Crippen molar-refractivity contribution in [2.45, 2.75) is 65.2 Å². The third-order valence-corrected chi connectivity index (χ3v) is 11.0. The quantitative estimate of drug-likeness (QED) is 0.166. The molecule has 272 valence electrons. The normalized spacial score (nSPS) is 12.1. The van der Waals surface area contributed by atoms with E-state index in [0.717, 1.165) is 12.8 Å². The molecule has 0 spiro atoms. The fourth-order valence-electron chi connectivity index (χ4n) is 6.82. The number of allylic oxidation sites excluding steroid dienone is 4. The van der Waals surface area contributed by atoms with E-state index in [-0.39, 0.29) is 35.6 Å². The molecule has 0 aromatic heterocycles. The van der Waals surface area contributed by atoms with Gasteiger partial charge in [0, 0.05) is 0 Å². The number of halogens is 2. The molecule has 0 saturated heterocycles. The van der Waals surface area contributed by atoms with Gasteiger partial charge in [0.25, 0.3) is 0 Å². The molecule has 0 saturated carbocycles. The molecule has 6 aromatic rings. The van der Waals surface area contributed by atoms with E-state index >= 15 is 0 Å². The maximum atomic E-state index is 3.88. The summed E-state index contributed by atoms with van der Waals surface area (Å²) in [6, 6.07) is 53.9. The molecule has 2 aliphatic rings. The van der Waals surface area contributed by atoms with Gasteiger partial charge in [0.05, 0.1) is 0 Å². The summed E-state index contributed by atoms with van der Waals surface area (Å²) in [6.07, 6.45) is 10.9. The van der Waals surface area contributed by atoms with Crippen molar-refractivity contribution in [1.82, 2.24) is 0 Å². The molecule has 0 amide bonds. The summed E-state index contributed by atoms with van der Waals surface area (Å²) in [5, 5.41) is 0. The first-order valence-corrected chi connectivity index (χ1v) is 19.5. The van der Waals surface area contributed by atoms with Crippen LogP contribution in [0.1, 0.15) is 81.3 Å². The molecule has 3 heteroatoms. The van der Waals surface area contributed by atoms with Crippen LogP contribution in [0.5, 0.6) is 0 Å². The minimum atomic E-state index is 0. The van der Waals surface area contributed by atoms with E-state index in [1.807, 2.05) is 12.2 Å². The maximum absolute atomic E-state index is 3.88. The Bertz CT molecular complexity index is 2030. The van der Waals surface area contributed by atoms with Crippen molar-refractivity contribution in [2.24, 2.45) is 0 Å². The van der Waals surface area contributed by atoms with Gasteiger partial charge in [-0.1, -0.05) is 131 Å². The van der Waals surface area contributed by atoms with E-state index < -0.39 is 0 Å². The van der Waals surface area contributed by atoms with Crippen molar-refractivity contribution in [3.63, 3.8) is 0 Å². The first-order chi connectivity index (χ1) is 25.0. The fraction of sp³-hybridized carbons (Fsp3) is 0.196. The van der Waals surface area contributed by atoms with Crippen molar-refractivity contribution >= 4 is 3.21 Å². The standard InChI is InChI=1S/C33H33.C13H10.C5H5.2ClH.Zr/c1-32(2,3)30-20-26-24(18-28(30)22-13-9-7-10-14-22)17-25-19-29(23-15-11-8-12-16-23)31(21-27(25)26)33(4,5)6;1-3-7-12(8-4-1)11-13-9-5-2-6-10-13;1-2-4-5-3-1;;;/h7-16,18,20-21H,17H2,1-6H3;1-10H;1-3H,4H2;2*1H;/q-1;;-1;;;+2/p-2. The Balaban J connectivity index is 0.000000255. The van der Waals surface area contributed by atoms with Gasteiger partial charge in [-0.05, 0) is 39.5 Å². The van der Waals surface area contributed by atoms with Gasteiger partial charge in [0.2, 0.25) is 0 Å². The van der Waals surface area contributed by atoms with Crippen LogP contribution in [0.3, 0.4) is 0 Å². The molecular formula is C51H48Cl2Zr-2. The van der Waals surface area contributed by atoms with Crippen LogP contribution in [0.25, 0.3) is 33.4 Å². The Hall–Kier alpha value is -3.87. The summed E-state index contributed by atoms with van der Waals surface area (Å²) >= 11 is 1.46. The SMILES string of the molecule is CC(C)(C)c1cc2c([c-]c1-c1ccccc1)Cc1cc(-c3ccccc3)c(C(C)(C)C)cc1-2.[C-]1=CC=CC1.[Cl-].[Cl-].[Zr+2]=[C](c1ccccc1)c1ccccc1. The van der Waals surface area contributed by atoms with Crippen LogP contribution >= 0.6 is 0 Å². The van der Waals surface area contributed by atoms with Gasteiger partial charge in [0.15, 0.2) is 0 Å². The number of rotatable bonds is 4. The summed E-state index contributed by atoms with van der Waals surface area (Å²) in [7, 11) is 0. The molecule has 6 aromatic carbocycles. The Labute approximate surface area is 351 Å². The Morgan fingerprint density at radius 1 is 0.556 bits per heavy atom. The van der Waals surface area contributed by atoms with Gasteiger partial charge in [-0.3, -0.25) is 6.08 Å². The molecule has 0 fully saturated rings. The van der Waals surface area contributed by atoms with Crippen LogP contribution < -0.4 is 24.8 Å². The molecule has 0 nitrogen and oxygen atoms in total. The molecule has 54 heavy (non-hydrogen) atoms. The Kier molecular flexibility index (Phi) is 15.2. The number of hydrogen-bond donors (Lipinski definition) is 0. The van der Waals surface area contributed by atoms with Crippen molar-refractivity contribution in [3.05, 3.63) is 203 Å². The molecule has 0 heterocycles. The van der Waals surface area contributed by atoms with Crippen molar-refractivity contribution in [3.8, 4) is 33.4 Å². The Morgan fingerprint density at radius 3 is 1.48 bits per heavy atom. The minimum absolute atomic E-state index is 0. The van der Waals surface area contributed by atoms with Crippen LogP contribution in [-0.4, -0.2) is 3.21 Å². The molecule has 2 aliphatic carbocycles. The summed E-state index contributed by atoms with van der Waals surface area (Å²) in [6.45, 7) is 13.9. The zero-order valence-corrected chi connectivity index (χ0v) is 36.2. The summed E-state index contributed by atoms with van der Waals surface area (Å²) in [4.78, 5) is 0. The number of fused-ring (bicyclic) bond motifs is 3. The zero-order chi connectivity index (χ0) is 36.7. The van der Waals surface area contributed by atoms with Crippen LogP contribution in [0.15, 0.2) is 158 Å². The molecule has 8 rings (SSSR count). The first-order valence-electron chi connectivity index (χ1n) is 18.3. The van der Waals surface area contributed by atoms with Crippen molar-refractivity contribution in [2.75, 3.05) is 0 Å². The van der Waals surface area contributed by atoms with Crippen molar-refractivity contribution in [1.29, 1.82) is 0 Å². The molecule has 0 unspecified atom stereocenters. The second kappa shape index (κ2) is 19.1. The average Bonchev–Trinajstić information content (AvgIpc) is 3.86. The van der Waals surface area contributed by atoms with E-state index in [9.17, 15) is 0 Å². The molecule has 0 radical (unpaired) electrons. The fourth-order valence-corrected chi connectivity index (χ4v) is 7.64. The molecule has 0 bridgehead atoms. The monoisotopic (exact) mass is 820 g/mol. The second-order valence-corrected chi connectivity index (χ2v) is 16.8. The third kappa shape index (κ3) is 10.5. The van der Waals surface area contributed by atoms with Gasteiger partial charge in [-0.15, -0.1) is 35.2 Å². The van der Waals surface area contributed by atoms with Crippen molar-refractivity contribution < 1.29 is 49.0 Å². The zero-order valence-electron chi connectivity index (χ0n) is 32.2. The third-order valence-electron chi connectivity index (χ3n) is 9.53. The summed E-state index contributed by atoms with van der Waals surface area (Å²) < 4.78 is 1.42. The van der Waals surface area contributed by atoms with Gasteiger partial charge in [-0.25, -0.2) is 12.2 Å². The van der Waals surface area contributed by atoms with E-state index in [4.69, 9.17) is 0 Å². The van der Waals surface area contributed by atoms with E-state index in [0.29, 0.717) is 0 Å². The predicted octanol–water partition coefficient (Wildman–Crippen LogP) is 7.10. The van der Waals surface area contributed by atoms with E-state index in [2.05, 4.69) is 199 Å². The van der Waals surface area contributed by atoms with E-state index in [1.54, 1.807) is 0 Å². The van der Waals surface area contributed by atoms with Gasteiger partial charge < -0.3 is 24.8 Å². The molecule has 0 N–H and O–H groups in total. The molecule has 0 atom stereocenters. The summed E-state index contributed by atoms with van der Waals surface area (Å²) in [5.74, 6) is 0. The van der Waals surface area contributed by atoms with E-state index in [1.165, 1.54) is 94.2 Å². The van der Waals surface area contributed by atoms with Gasteiger partial charge in [-0.2, -0.15) is 6.08 Å². The van der Waals surface area contributed by atoms with Crippen LogP contribution in [-0.2, 0) is 41.5 Å². The molecular weight excluding hydrogens is 775 g/mol. The van der Waals surface area contributed by atoms with Gasteiger partial charge in [0.1, 0.15) is 0 Å². The van der Waals surface area contributed by atoms with Gasteiger partial charge >= 0.3 is 99.2 Å². The molecule has 0 aliphatic heterocycles. The Morgan fingerprint density at radius 2 is 1.04 bits per heavy atom. The van der Waals surface area contributed by atoms with Crippen LogP contribution in [0.2, 0.25) is 0 Å². The summed E-state index contributed by atoms with van der Waals surface area (Å²) in [5.41, 5.74) is 16.2. The second-order valence-electron chi connectivity index (χ2n) is 15.5. The number of hydrogen-bond acceptors (Lipinski definition) is 0. The van der Waals surface area contributed by atoms with Crippen LogP contribution in [0, 0.1) is 12.1 Å². The topological polar surface area (TPSA) is 0 Å². The van der Waals surface area contributed by atoms with Crippen LogP contribution in [0.4, 0.5) is 0 Å².